The number of hydrogen-bond donors (Lipinski definition) is 1. The second kappa shape index (κ2) is 7.71. The molecule has 1 N–H and O–H groups in total. The Morgan fingerprint density at radius 2 is 1.94 bits per heavy atom. The van der Waals surface area contributed by atoms with Crippen molar-refractivity contribution in [2.24, 2.45) is 0 Å². The third-order valence-electron chi connectivity index (χ3n) is 3.69. The zero-order valence-electron chi connectivity index (χ0n) is 11.9. The van der Waals surface area contributed by atoms with Gasteiger partial charge in [-0.2, -0.15) is 0 Å². The fraction of sp³-hybridized carbons (Fsp3) is 0.923. The van der Waals surface area contributed by atoms with Crippen LogP contribution in [0, 0.1) is 0 Å². The highest BCUT2D eigenvalue weighted by atomic mass is 16.5. The molecule has 0 aliphatic carbocycles. The molecule has 18 heavy (non-hydrogen) atoms. The number of piperidine rings is 1. The van der Waals surface area contributed by atoms with Gasteiger partial charge in [-0.25, -0.2) is 0 Å². The molecule has 1 aliphatic heterocycles. The van der Waals surface area contributed by atoms with E-state index in [0.717, 1.165) is 25.9 Å². The average molecular weight is 258 g/mol. The Balaban J connectivity index is 2.29. The number of amides is 1. The Bertz CT molecular complexity index is 253. The monoisotopic (exact) mass is 258 g/mol. The predicted octanol–water partition coefficient (Wildman–Crippen LogP) is 0.637. The summed E-state index contributed by atoms with van der Waals surface area (Å²) in [6, 6.07) is 0.811. The lowest BCUT2D eigenvalue weighted by Gasteiger charge is -2.34. The van der Waals surface area contributed by atoms with Crippen molar-refractivity contribution in [2.45, 2.75) is 44.9 Å². The Morgan fingerprint density at radius 3 is 2.44 bits per heavy atom. The van der Waals surface area contributed by atoms with E-state index in [0.29, 0.717) is 12.1 Å². The summed E-state index contributed by atoms with van der Waals surface area (Å²) in [5.41, 5.74) is 0. The van der Waals surface area contributed by atoms with Crippen molar-refractivity contribution in [3.05, 3.63) is 0 Å². The van der Waals surface area contributed by atoms with Crippen LogP contribution in [0.25, 0.3) is 0 Å². The Morgan fingerprint density at radius 1 is 1.33 bits per heavy atom. The first-order valence-corrected chi connectivity index (χ1v) is 6.64. The van der Waals surface area contributed by atoms with Crippen LogP contribution in [-0.4, -0.2) is 62.9 Å². The summed E-state index contributed by atoms with van der Waals surface area (Å²) in [7, 11) is 3.29. The van der Waals surface area contributed by atoms with Crippen LogP contribution in [0.2, 0.25) is 0 Å². The number of carbonyl (C=O) groups excluding carboxylic acids is 1. The molecule has 0 saturated carbocycles. The van der Waals surface area contributed by atoms with Gasteiger partial charge in [-0.05, 0) is 26.7 Å². The summed E-state index contributed by atoms with van der Waals surface area (Å²) in [5, 5.41) is 3.57. The highest BCUT2D eigenvalue weighted by Gasteiger charge is 2.24. The maximum Gasteiger partial charge on any atom is 0.248 e. The standard InChI is InChI=1S/C13H26N2O3/c1-10(11(2)18-4)14-12-5-7-15(8-6-12)13(16)9-17-3/h10-12,14H,5-9H2,1-4H3. The number of methoxy groups -OCH3 is 2. The van der Waals surface area contributed by atoms with Gasteiger partial charge in [0, 0.05) is 39.4 Å². The fourth-order valence-corrected chi connectivity index (χ4v) is 2.22. The highest BCUT2D eigenvalue weighted by Crippen LogP contribution is 2.12. The summed E-state index contributed by atoms with van der Waals surface area (Å²) >= 11 is 0. The highest BCUT2D eigenvalue weighted by molar-refractivity contribution is 5.77. The van der Waals surface area contributed by atoms with E-state index in [1.165, 1.54) is 0 Å². The van der Waals surface area contributed by atoms with Crippen molar-refractivity contribution in [3.8, 4) is 0 Å². The van der Waals surface area contributed by atoms with Crippen molar-refractivity contribution in [1.82, 2.24) is 10.2 Å². The first kappa shape index (κ1) is 15.4. The van der Waals surface area contributed by atoms with Crippen molar-refractivity contribution in [1.29, 1.82) is 0 Å². The van der Waals surface area contributed by atoms with Crippen molar-refractivity contribution in [2.75, 3.05) is 33.9 Å². The van der Waals surface area contributed by atoms with E-state index in [-0.39, 0.29) is 18.6 Å². The molecule has 0 spiro atoms. The molecule has 2 unspecified atom stereocenters. The van der Waals surface area contributed by atoms with E-state index in [1.807, 2.05) is 4.90 Å². The molecule has 0 aromatic rings. The lowest BCUT2D eigenvalue weighted by Crippen LogP contribution is -2.50. The van der Waals surface area contributed by atoms with Gasteiger partial charge in [0.1, 0.15) is 6.61 Å². The van der Waals surface area contributed by atoms with E-state index >= 15 is 0 Å². The summed E-state index contributed by atoms with van der Waals surface area (Å²) in [6.07, 6.45) is 2.20. The first-order valence-electron chi connectivity index (χ1n) is 6.64. The van der Waals surface area contributed by atoms with Gasteiger partial charge in [0.2, 0.25) is 5.91 Å². The smallest absolute Gasteiger partial charge is 0.248 e. The summed E-state index contributed by atoms with van der Waals surface area (Å²) < 4.78 is 10.2. The van der Waals surface area contributed by atoms with Gasteiger partial charge in [0.25, 0.3) is 0 Å². The molecule has 1 amide bonds. The topological polar surface area (TPSA) is 50.8 Å². The lowest BCUT2D eigenvalue weighted by molar-refractivity contribution is -0.136. The van der Waals surface area contributed by atoms with Gasteiger partial charge < -0.3 is 19.7 Å². The average Bonchev–Trinajstić information content (AvgIpc) is 2.38. The third kappa shape index (κ3) is 4.55. The van der Waals surface area contributed by atoms with Gasteiger partial charge in [-0.15, -0.1) is 0 Å². The molecule has 5 heteroatoms. The molecule has 1 rings (SSSR count). The van der Waals surface area contributed by atoms with E-state index < -0.39 is 0 Å². The minimum atomic E-state index is 0.0919. The van der Waals surface area contributed by atoms with Gasteiger partial charge in [0.05, 0.1) is 6.10 Å². The summed E-state index contributed by atoms with van der Waals surface area (Å²) in [4.78, 5) is 13.5. The Hall–Kier alpha value is -0.650. The van der Waals surface area contributed by atoms with Crippen LogP contribution in [0.15, 0.2) is 0 Å². The van der Waals surface area contributed by atoms with Crippen LogP contribution in [0.5, 0.6) is 0 Å². The number of rotatable bonds is 6. The van der Waals surface area contributed by atoms with Gasteiger partial charge in [-0.3, -0.25) is 4.79 Å². The maximum absolute atomic E-state index is 11.6. The second-order valence-electron chi connectivity index (χ2n) is 4.98. The Kier molecular flexibility index (Phi) is 6.60. The normalized spacial score (nSPS) is 20.8. The number of nitrogens with zero attached hydrogens (tertiary/aromatic N) is 1. The molecular formula is C13H26N2O3. The van der Waals surface area contributed by atoms with E-state index in [1.54, 1.807) is 14.2 Å². The van der Waals surface area contributed by atoms with Crippen LogP contribution in [0.1, 0.15) is 26.7 Å². The van der Waals surface area contributed by atoms with Crippen LogP contribution in [0.3, 0.4) is 0 Å². The number of ether oxygens (including phenoxy) is 2. The van der Waals surface area contributed by atoms with Crippen molar-refractivity contribution in [3.63, 3.8) is 0 Å². The van der Waals surface area contributed by atoms with E-state index in [9.17, 15) is 4.79 Å². The number of hydrogen-bond acceptors (Lipinski definition) is 4. The van der Waals surface area contributed by atoms with Gasteiger partial charge in [-0.1, -0.05) is 0 Å². The quantitative estimate of drug-likeness (QED) is 0.759. The molecule has 2 atom stereocenters. The summed E-state index contributed by atoms with van der Waals surface area (Å²) in [6.45, 7) is 6.02. The molecule has 106 valence electrons. The SMILES string of the molecule is COCC(=O)N1CCC(NC(C)C(C)OC)CC1. The first-order chi connectivity index (χ1) is 8.58. The van der Waals surface area contributed by atoms with E-state index in [4.69, 9.17) is 9.47 Å². The number of carbonyl (C=O) groups is 1. The van der Waals surface area contributed by atoms with Crippen molar-refractivity contribution >= 4 is 5.91 Å². The summed E-state index contributed by atoms with van der Waals surface area (Å²) in [5.74, 6) is 0.0919. The predicted molar refractivity (Wildman–Crippen MR) is 70.5 cm³/mol. The van der Waals surface area contributed by atoms with Gasteiger partial charge >= 0.3 is 0 Å². The molecule has 0 aromatic carbocycles. The fourth-order valence-electron chi connectivity index (χ4n) is 2.22. The zero-order chi connectivity index (χ0) is 13.5. The number of nitrogens with one attached hydrogen (secondary N) is 1. The number of likely N-dealkylation sites (tertiary alicyclic amines) is 1. The van der Waals surface area contributed by atoms with E-state index in [2.05, 4.69) is 19.2 Å². The minimum Gasteiger partial charge on any atom is -0.380 e. The van der Waals surface area contributed by atoms with Crippen LogP contribution >= 0.6 is 0 Å². The molecule has 1 saturated heterocycles. The maximum atomic E-state index is 11.6. The third-order valence-corrected chi connectivity index (χ3v) is 3.69. The molecule has 1 aliphatic rings. The van der Waals surface area contributed by atoms with Crippen LogP contribution < -0.4 is 5.32 Å². The molecule has 5 nitrogen and oxygen atoms in total. The molecule has 0 bridgehead atoms. The van der Waals surface area contributed by atoms with Crippen LogP contribution in [-0.2, 0) is 14.3 Å². The van der Waals surface area contributed by atoms with Crippen molar-refractivity contribution < 1.29 is 14.3 Å². The molecule has 1 heterocycles. The minimum absolute atomic E-state index is 0.0919. The molecule has 0 aromatic heterocycles. The Labute approximate surface area is 110 Å². The zero-order valence-corrected chi connectivity index (χ0v) is 11.9. The molecular weight excluding hydrogens is 232 g/mol. The van der Waals surface area contributed by atoms with Gasteiger partial charge in [0.15, 0.2) is 0 Å². The largest absolute Gasteiger partial charge is 0.380 e. The lowest BCUT2D eigenvalue weighted by atomic mass is 10.0. The van der Waals surface area contributed by atoms with Crippen LogP contribution in [0.4, 0.5) is 0 Å². The molecule has 1 fully saturated rings. The molecule has 0 radical (unpaired) electrons. The second-order valence-corrected chi connectivity index (χ2v) is 4.98.